The Labute approximate surface area is 59.6 Å². The molecule has 0 bridgehead atoms. The van der Waals surface area contributed by atoms with Crippen molar-refractivity contribution >= 4 is 0 Å². The molecule has 3 heteroatoms. The van der Waals surface area contributed by atoms with Gasteiger partial charge in [0.05, 0.1) is 12.8 Å². The van der Waals surface area contributed by atoms with Gasteiger partial charge in [0, 0.05) is 7.05 Å². The fraction of sp³-hybridized carbons (Fsp3) is 0.571. The third-order valence-electron chi connectivity index (χ3n) is 1.68. The molecule has 1 aromatic rings. The largest absolute Gasteiger partial charge is 0.490 e. The number of aromatic nitrogens is 2. The van der Waals surface area contributed by atoms with Crippen molar-refractivity contribution in [3.05, 3.63) is 11.9 Å². The van der Waals surface area contributed by atoms with Crippen LogP contribution < -0.4 is 4.74 Å². The SMILES string of the molecule is Cn1cc2c(n1)CCCO2. The summed E-state index contributed by atoms with van der Waals surface area (Å²) in [5.74, 6) is 0.966. The van der Waals surface area contributed by atoms with E-state index in [1.54, 1.807) is 4.68 Å². The number of aryl methyl sites for hydroxylation is 2. The normalized spacial score (nSPS) is 16.1. The molecule has 1 aromatic heterocycles. The van der Waals surface area contributed by atoms with Crippen LogP contribution in [-0.4, -0.2) is 16.4 Å². The van der Waals surface area contributed by atoms with Crippen molar-refractivity contribution in [3.63, 3.8) is 0 Å². The Bertz CT molecular complexity index is 218. The minimum absolute atomic E-state index is 0.846. The van der Waals surface area contributed by atoms with Crippen LogP contribution >= 0.6 is 0 Å². The second-order valence-corrected chi connectivity index (χ2v) is 2.57. The minimum atomic E-state index is 0.846. The van der Waals surface area contributed by atoms with E-state index in [9.17, 15) is 0 Å². The maximum Gasteiger partial charge on any atom is 0.160 e. The molecule has 1 aliphatic heterocycles. The summed E-state index contributed by atoms with van der Waals surface area (Å²) in [4.78, 5) is 0. The van der Waals surface area contributed by atoms with Crippen LogP contribution in [0.25, 0.3) is 0 Å². The molecule has 3 nitrogen and oxygen atoms in total. The van der Waals surface area contributed by atoms with Crippen molar-refractivity contribution in [1.29, 1.82) is 0 Å². The zero-order valence-electron chi connectivity index (χ0n) is 6.00. The van der Waals surface area contributed by atoms with Gasteiger partial charge in [0.1, 0.15) is 5.69 Å². The highest BCUT2D eigenvalue weighted by Gasteiger charge is 2.12. The summed E-state index contributed by atoms with van der Waals surface area (Å²) in [5, 5.41) is 4.24. The van der Waals surface area contributed by atoms with E-state index >= 15 is 0 Å². The summed E-state index contributed by atoms with van der Waals surface area (Å²) in [5.41, 5.74) is 1.11. The van der Waals surface area contributed by atoms with Crippen molar-refractivity contribution in [3.8, 4) is 5.75 Å². The number of nitrogens with zero attached hydrogens (tertiary/aromatic N) is 2. The average molecular weight is 138 g/mol. The van der Waals surface area contributed by atoms with Crippen molar-refractivity contribution < 1.29 is 4.74 Å². The maximum absolute atomic E-state index is 5.36. The lowest BCUT2D eigenvalue weighted by atomic mass is 10.2. The monoisotopic (exact) mass is 138 g/mol. The van der Waals surface area contributed by atoms with E-state index in [-0.39, 0.29) is 0 Å². The Morgan fingerprint density at radius 3 is 3.40 bits per heavy atom. The number of hydrogen-bond donors (Lipinski definition) is 0. The van der Waals surface area contributed by atoms with Gasteiger partial charge in [-0.1, -0.05) is 0 Å². The average Bonchev–Trinajstić information content (AvgIpc) is 2.27. The zero-order valence-corrected chi connectivity index (χ0v) is 6.00. The smallest absolute Gasteiger partial charge is 0.160 e. The van der Waals surface area contributed by atoms with Crippen LogP contribution in [0.3, 0.4) is 0 Å². The summed E-state index contributed by atoms with van der Waals surface area (Å²) in [6.45, 7) is 0.846. The molecule has 0 saturated heterocycles. The Morgan fingerprint density at radius 2 is 2.60 bits per heavy atom. The second kappa shape index (κ2) is 2.01. The maximum atomic E-state index is 5.36. The van der Waals surface area contributed by atoms with Gasteiger partial charge in [-0.15, -0.1) is 0 Å². The molecule has 1 aliphatic rings. The minimum Gasteiger partial charge on any atom is -0.490 e. The molecule has 0 radical (unpaired) electrons. The zero-order chi connectivity index (χ0) is 6.97. The Balaban J connectivity index is 2.41. The van der Waals surface area contributed by atoms with Gasteiger partial charge in [0.25, 0.3) is 0 Å². The van der Waals surface area contributed by atoms with Crippen molar-refractivity contribution in [2.75, 3.05) is 6.61 Å². The van der Waals surface area contributed by atoms with Crippen LogP contribution in [0.4, 0.5) is 0 Å². The van der Waals surface area contributed by atoms with Crippen LogP contribution in [-0.2, 0) is 13.5 Å². The molecular weight excluding hydrogens is 128 g/mol. The number of ether oxygens (including phenoxy) is 1. The lowest BCUT2D eigenvalue weighted by Gasteiger charge is -2.09. The second-order valence-electron chi connectivity index (χ2n) is 2.57. The van der Waals surface area contributed by atoms with Crippen molar-refractivity contribution in [2.45, 2.75) is 12.8 Å². The lowest BCUT2D eigenvalue weighted by molar-refractivity contribution is 0.288. The molecule has 2 rings (SSSR count). The molecule has 0 unspecified atom stereocenters. The van der Waals surface area contributed by atoms with Gasteiger partial charge in [-0.05, 0) is 12.8 Å². The highest BCUT2D eigenvalue weighted by atomic mass is 16.5. The predicted molar refractivity (Wildman–Crippen MR) is 37.0 cm³/mol. The number of rotatable bonds is 0. The summed E-state index contributed by atoms with van der Waals surface area (Å²) < 4.78 is 7.16. The summed E-state index contributed by atoms with van der Waals surface area (Å²) in [7, 11) is 1.92. The van der Waals surface area contributed by atoms with Gasteiger partial charge in [-0.25, -0.2) is 0 Å². The quantitative estimate of drug-likeness (QED) is 0.529. The number of hydrogen-bond acceptors (Lipinski definition) is 2. The molecule has 0 atom stereocenters. The molecule has 0 N–H and O–H groups in total. The Morgan fingerprint density at radius 1 is 1.70 bits per heavy atom. The Kier molecular flexibility index (Phi) is 1.16. The molecule has 0 amide bonds. The van der Waals surface area contributed by atoms with Gasteiger partial charge in [0.15, 0.2) is 5.75 Å². The van der Waals surface area contributed by atoms with E-state index < -0.39 is 0 Å². The van der Waals surface area contributed by atoms with E-state index in [2.05, 4.69) is 5.10 Å². The van der Waals surface area contributed by atoms with E-state index in [0.29, 0.717) is 0 Å². The van der Waals surface area contributed by atoms with Gasteiger partial charge in [0.2, 0.25) is 0 Å². The first-order valence-electron chi connectivity index (χ1n) is 3.51. The van der Waals surface area contributed by atoms with Gasteiger partial charge in [-0.3, -0.25) is 4.68 Å². The highest BCUT2D eigenvalue weighted by Crippen LogP contribution is 2.21. The first-order valence-corrected chi connectivity index (χ1v) is 3.51. The van der Waals surface area contributed by atoms with E-state index in [1.165, 1.54) is 0 Å². The fourth-order valence-corrected chi connectivity index (χ4v) is 1.23. The van der Waals surface area contributed by atoms with Gasteiger partial charge < -0.3 is 4.74 Å². The van der Waals surface area contributed by atoms with Crippen molar-refractivity contribution in [2.24, 2.45) is 7.05 Å². The number of fused-ring (bicyclic) bond motifs is 1. The van der Waals surface area contributed by atoms with E-state index in [1.807, 2.05) is 13.2 Å². The summed E-state index contributed by atoms with van der Waals surface area (Å²) in [6.07, 6.45) is 4.09. The van der Waals surface area contributed by atoms with Gasteiger partial charge >= 0.3 is 0 Å². The van der Waals surface area contributed by atoms with Gasteiger partial charge in [-0.2, -0.15) is 5.10 Å². The first kappa shape index (κ1) is 5.77. The topological polar surface area (TPSA) is 27.1 Å². The summed E-state index contributed by atoms with van der Waals surface area (Å²) in [6, 6.07) is 0. The first-order chi connectivity index (χ1) is 4.86. The van der Waals surface area contributed by atoms with E-state index in [0.717, 1.165) is 30.9 Å². The Hall–Kier alpha value is -0.990. The highest BCUT2D eigenvalue weighted by molar-refractivity contribution is 5.25. The van der Waals surface area contributed by atoms with Crippen LogP contribution in [0.5, 0.6) is 5.75 Å². The predicted octanol–water partition coefficient (Wildman–Crippen LogP) is 0.745. The van der Waals surface area contributed by atoms with Crippen LogP contribution in [0.2, 0.25) is 0 Å². The summed E-state index contributed by atoms with van der Waals surface area (Å²) >= 11 is 0. The van der Waals surface area contributed by atoms with Crippen LogP contribution in [0.1, 0.15) is 12.1 Å². The lowest BCUT2D eigenvalue weighted by Crippen LogP contribution is -2.06. The fourth-order valence-electron chi connectivity index (χ4n) is 1.23. The molecule has 54 valence electrons. The molecule has 10 heavy (non-hydrogen) atoms. The molecule has 0 aromatic carbocycles. The van der Waals surface area contributed by atoms with Crippen LogP contribution in [0, 0.1) is 0 Å². The van der Waals surface area contributed by atoms with Crippen LogP contribution in [0.15, 0.2) is 6.20 Å². The third-order valence-corrected chi connectivity index (χ3v) is 1.68. The third kappa shape index (κ3) is 0.781. The molecule has 0 saturated carbocycles. The molecule has 0 fully saturated rings. The molecule has 0 aliphatic carbocycles. The van der Waals surface area contributed by atoms with Crippen molar-refractivity contribution in [1.82, 2.24) is 9.78 Å². The standard InChI is InChI=1S/C7H10N2O/c1-9-5-7-6(8-9)3-2-4-10-7/h5H,2-4H2,1H3. The van der Waals surface area contributed by atoms with E-state index in [4.69, 9.17) is 4.74 Å². The molecular formula is C7H10N2O. The molecule has 2 heterocycles. The molecule has 0 spiro atoms.